The number of morpholine rings is 1. The van der Waals surface area contributed by atoms with E-state index < -0.39 is 0 Å². The minimum absolute atomic E-state index is 0.106. The summed E-state index contributed by atoms with van der Waals surface area (Å²) in [4.78, 5) is 2.37. The summed E-state index contributed by atoms with van der Waals surface area (Å²) in [5.41, 5.74) is 3.39. The number of ether oxygens (including phenoxy) is 1. The van der Waals surface area contributed by atoms with Crippen LogP contribution in [0.5, 0.6) is 0 Å². The number of fused-ring (bicyclic) bond motifs is 1. The van der Waals surface area contributed by atoms with Gasteiger partial charge in [0.2, 0.25) is 0 Å². The first-order valence-electron chi connectivity index (χ1n) is 6.87. The van der Waals surface area contributed by atoms with Crippen molar-refractivity contribution in [1.82, 2.24) is 4.90 Å². The first kappa shape index (κ1) is 12.6. The highest BCUT2D eigenvalue weighted by Gasteiger charge is 2.37. The van der Waals surface area contributed by atoms with Crippen LogP contribution < -0.4 is 0 Å². The first-order valence-corrected chi connectivity index (χ1v) is 6.87. The molecular formula is C15H20N2O2. The summed E-state index contributed by atoms with van der Waals surface area (Å²) in [7, 11) is 0. The van der Waals surface area contributed by atoms with Gasteiger partial charge in [-0.2, -0.15) is 0 Å². The van der Waals surface area contributed by atoms with Gasteiger partial charge in [0.15, 0.2) is 0 Å². The van der Waals surface area contributed by atoms with E-state index in [9.17, 15) is 5.21 Å². The van der Waals surface area contributed by atoms with Crippen LogP contribution in [-0.2, 0) is 11.2 Å². The van der Waals surface area contributed by atoms with Crippen molar-refractivity contribution < 1.29 is 9.94 Å². The SMILES string of the molecule is CC1CN(C2C(=NO)Cc3ccccc32)CC(C)O1. The number of hydrogen-bond acceptors (Lipinski definition) is 4. The third kappa shape index (κ3) is 2.26. The molecule has 0 radical (unpaired) electrons. The molecule has 1 fully saturated rings. The third-order valence-corrected chi connectivity index (χ3v) is 3.98. The molecule has 2 aliphatic rings. The quantitative estimate of drug-likeness (QED) is 0.622. The lowest BCUT2D eigenvalue weighted by atomic mass is 10.0. The number of benzene rings is 1. The molecule has 3 rings (SSSR count). The molecule has 1 aromatic rings. The predicted molar refractivity (Wildman–Crippen MR) is 73.7 cm³/mol. The number of rotatable bonds is 1. The highest BCUT2D eigenvalue weighted by atomic mass is 16.5. The van der Waals surface area contributed by atoms with E-state index in [2.05, 4.69) is 42.1 Å². The Balaban J connectivity index is 1.94. The van der Waals surface area contributed by atoms with Gasteiger partial charge in [0, 0.05) is 19.5 Å². The van der Waals surface area contributed by atoms with Crippen LogP contribution in [0.2, 0.25) is 0 Å². The summed E-state index contributed by atoms with van der Waals surface area (Å²) in [5, 5.41) is 12.8. The Bertz CT molecular complexity index is 491. The maximum atomic E-state index is 9.30. The largest absolute Gasteiger partial charge is 0.411 e. The van der Waals surface area contributed by atoms with E-state index in [1.54, 1.807) is 0 Å². The van der Waals surface area contributed by atoms with E-state index in [1.165, 1.54) is 11.1 Å². The second kappa shape index (κ2) is 4.94. The fourth-order valence-electron chi connectivity index (χ4n) is 3.36. The van der Waals surface area contributed by atoms with Crippen molar-refractivity contribution in [3.8, 4) is 0 Å². The molecule has 102 valence electrons. The van der Waals surface area contributed by atoms with E-state index in [0.29, 0.717) is 0 Å². The van der Waals surface area contributed by atoms with Crippen molar-refractivity contribution in [1.29, 1.82) is 0 Å². The topological polar surface area (TPSA) is 45.1 Å². The Hall–Kier alpha value is -1.39. The van der Waals surface area contributed by atoms with Crippen LogP contribution in [0.15, 0.2) is 29.4 Å². The average Bonchev–Trinajstić information content (AvgIpc) is 2.75. The molecule has 0 spiro atoms. The molecule has 0 bridgehead atoms. The van der Waals surface area contributed by atoms with Crippen molar-refractivity contribution in [2.75, 3.05) is 13.1 Å². The minimum atomic E-state index is 0.106. The van der Waals surface area contributed by atoms with Crippen molar-refractivity contribution >= 4 is 5.71 Å². The van der Waals surface area contributed by atoms with Crippen molar-refractivity contribution in [3.05, 3.63) is 35.4 Å². The molecule has 3 unspecified atom stereocenters. The Kier molecular flexibility index (Phi) is 3.29. The van der Waals surface area contributed by atoms with Gasteiger partial charge in [-0.15, -0.1) is 0 Å². The van der Waals surface area contributed by atoms with Crippen LogP contribution in [0.4, 0.5) is 0 Å². The minimum Gasteiger partial charge on any atom is -0.411 e. The summed E-state index contributed by atoms with van der Waals surface area (Å²) in [5.74, 6) is 0. The molecule has 1 N–H and O–H groups in total. The lowest BCUT2D eigenvalue weighted by Gasteiger charge is -2.39. The lowest BCUT2D eigenvalue weighted by molar-refractivity contribution is -0.0737. The third-order valence-electron chi connectivity index (χ3n) is 3.98. The molecule has 0 saturated carbocycles. The Morgan fingerprint density at radius 3 is 2.58 bits per heavy atom. The lowest BCUT2D eigenvalue weighted by Crippen LogP contribution is -2.48. The summed E-state index contributed by atoms with van der Waals surface area (Å²) >= 11 is 0. The molecule has 0 aromatic heterocycles. The molecule has 19 heavy (non-hydrogen) atoms. The Labute approximate surface area is 113 Å². The zero-order valence-electron chi connectivity index (χ0n) is 11.4. The highest BCUT2D eigenvalue weighted by Crippen LogP contribution is 2.35. The highest BCUT2D eigenvalue weighted by molar-refractivity contribution is 5.96. The van der Waals surface area contributed by atoms with E-state index in [4.69, 9.17) is 4.74 Å². The van der Waals surface area contributed by atoms with Crippen LogP contribution in [0.25, 0.3) is 0 Å². The first-order chi connectivity index (χ1) is 9.19. The fourth-order valence-corrected chi connectivity index (χ4v) is 3.36. The van der Waals surface area contributed by atoms with Gasteiger partial charge >= 0.3 is 0 Å². The maximum absolute atomic E-state index is 9.30. The zero-order chi connectivity index (χ0) is 13.4. The molecular weight excluding hydrogens is 240 g/mol. The smallest absolute Gasteiger partial charge is 0.0831 e. The monoisotopic (exact) mass is 260 g/mol. The number of oxime groups is 1. The van der Waals surface area contributed by atoms with Crippen LogP contribution in [0.1, 0.15) is 31.0 Å². The normalized spacial score (nSPS) is 33.6. The second-order valence-electron chi connectivity index (χ2n) is 5.58. The summed E-state index contributed by atoms with van der Waals surface area (Å²) < 4.78 is 5.79. The van der Waals surface area contributed by atoms with Crippen LogP contribution in [0.3, 0.4) is 0 Å². The van der Waals surface area contributed by atoms with Gasteiger partial charge in [0.25, 0.3) is 0 Å². The second-order valence-corrected chi connectivity index (χ2v) is 5.58. The summed E-state index contributed by atoms with van der Waals surface area (Å²) in [6.45, 7) is 5.95. The van der Waals surface area contributed by atoms with Gasteiger partial charge in [-0.05, 0) is 25.0 Å². The van der Waals surface area contributed by atoms with E-state index >= 15 is 0 Å². The van der Waals surface area contributed by atoms with Crippen molar-refractivity contribution in [2.24, 2.45) is 5.16 Å². The molecule has 1 aromatic carbocycles. The van der Waals surface area contributed by atoms with Gasteiger partial charge in [-0.25, -0.2) is 0 Å². The number of nitrogens with zero attached hydrogens (tertiary/aromatic N) is 2. The maximum Gasteiger partial charge on any atom is 0.0831 e. The summed E-state index contributed by atoms with van der Waals surface area (Å²) in [6, 6.07) is 8.46. The van der Waals surface area contributed by atoms with Crippen LogP contribution in [-0.4, -0.2) is 41.1 Å². The van der Waals surface area contributed by atoms with E-state index in [0.717, 1.165) is 25.2 Å². The van der Waals surface area contributed by atoms with E-state index in [1.807, 2.05) is 6.07 Å². The molecule has 0 amide bonds. The molecule has 1 saturated heterocycles. The predicted octanol–water partition coefficient (Wildman–Crippen LogP) is 2.22. The molecule has 4 nitrogen and oxygen atoms in total. The molecule has 4 heteroatoms. The Morgan fingerprint density at radius 2 is 1.89 bits per heavy atom. The molecule has 1 aliphatic carbocycles. The molecule has 3 atom stereocenters. The molecule has 1 aliphatic heterocycles. The van der Waals surface area contributed by atoms with Crippen molar-refractivity contribution in [3.63, 3.8) is 0 Å². The fraction of sp³-hybridized carbons (Fsp3) is 0.533. The van der Waals surface area contributed by atoms with Gasteiger partial charge in [0.05, 0.1) is 24.0 Å². The van der Waals surface area contributed by atoms with Gasteiger partial charge in [-0.1, -0.05) is 29.4 Å². The van der Waals surface area contributed by atoms with Gasteiger partial charge < -0.3 is 9.94 Å². The van der Waals surface area contributed by atoms with Crippen molar-refractivity contribution in [2.45, 2.75) is 38.5 Å². The van der Waals surface area contributed by atoms with Crippen LogP contribution in [0, 0.1) is 0 Å². The molecule has 1 heterocycles. The Morgan fingerprint density at radius 1 is 1.21 bits per heavy atom. The van der Waals surface area contributed by atoms with Gasteiger partial charge in [-0.3, -0.25) is 4.90 Å². The number of hydrogen-bond donors (Lipinski definition) is 1. The van der Waals surface area contributed by atoms with Gasteiger partial charge in [0.1, 0.15) is 0 Å². The van der Waals surface area contributed by atoms with Crippen LogP contribution >= 0.6 is 0 Å². The standard InChI is InChI=1S/C15H20N2O2/c1-10-8-17(9-11(2)19-10)15-13-6-4-3-5-12(13)7-14(15)16-18/h3-6,10-11,15,18H,7-9H2,1-2H3. The zero-order valence-corrected chi connectivity index (χ0v) is 11.4. The average molecular weight is 260 g/mol. The van der Waals surface area contributed by atoms with E-state index in [-0.39, 0.29) is 18.2 Å². The summed E-state index contributed by atoms with van der Waals surface area (Å²) in [6.07, 6.45) is 1.19.